The second-order valence-electron chi connectivity index (χ2n) is 5.06. The minimum absolute atomic E-state index is 0.0190. The highest BCUT2D eigenvalue weighted by Crippen LogP contribution is 2.08. The fourth-order valence-corrected chi connectivity index (χ4v) is 3.73. The second-order valence-corrected chi connectivity index (χ2v) is 7.29. The van der Waals surface area contributed by atoms with Crippen LogP contribution in [-0.4, -0.2) is 43.0 Å². The molecule has 0 radical (unpaired) electrons. The Morgan fingerprint density at radius 2 is 2.24 bits per heavy atom. The number of pyridine rings is 1. The molecular formula is C13H19N3O4S. The Morgan fingerprint density at radius 3 is 2.90 bits per heavy atom. The molecular weight excluding hydrogens is 294 g/mol. The highest BCUT2D eigenvalue weighted by Gasteiger charge is 2.25. The summed E-state index contributed by atoms with van der Waals surface area (Å²) < 4.78 is 24.5. The standard InChI is InChI=1S/C13H19N3O4S/c1-2-16-8-10(3-4-13(16)18)15-12(17)7-11-9-21(19,20)6-5-14-11/h3-4,8,11,14H,2,5-7,9H2,1H3,(H,15,17). The molecule has 1 unspecified atom stereocenters. The van der Waals surface area contributed by atoms with Crippen LogP contribution in [0.2, 0.25) is 0 Å². The SMILES string of the molecule is CCn1cc(NC(=O)CC2CS(=O)(=O)CCN2)ccc1=O. The van der Waals surface area contributed by atoms with Crippen LogP contribution in [0.5, 0.6) is 0 Å². The van der Waals surface area contributed by atoms with Crippen molar-refractivity contribution in [1.29, 1.82) is 0 Å². The zero-order valence-electron chi connectivity index (χ0n) is 11.8. The van der Waals surface area contributed by atoms with Crippen LogP contribution in [0.4, 0.5) is 5.69 Å². The number of carbonyl (C=O) groups excluding carboxylic acids is 1. The van der Waals surface area contributed by atoms with Gasteiger partial charge in [-0.2, -0.15) is 0 Å². The zero-order chi connectivity index (χ0) is 15.5. The largest absolute Gasteiger partial charge is 0.325 e. The molecule has 0 bridgehead atoms. The second kappa shape index (κ2) is 6.40. The number of aromatic nitrogens is 1. The molecule has 8 heteroatoms. The number of amides is 1. The van der Waals surface area contributed by atoms with Crippen molar-refractivity contribution in [1.82, 2.24) is 9.88 Å². The molecule has 1 amide bonds. The lowest BCUT2D eigenvalue weighted by molar-refractivity contribution is -0.116. The predicted molar refractivity (Wildman–Crippen MR) is 80.1 cm³/mol. The Morgan fingerprint density at radius 1 is 1.48 bits per heavy atom. The molecule has 1 aromatic heterocycles. The Balaban J connectivity index is 1.97. The number of carbonyl (C=O) groups is 1. The van der Waals surface area contributed by atoms with Crippen LogP contribution in [0, 0.1) is 0 Å². The van der Waals surface area contributed by atoms with E-state index in [2.05, 4.69) is 10.6 Å². The number of hydrogen-bond acceptors (Lipinski definition) is 5. The number of sulfone groups is 1. The van der Waals surface area contributed by atoms with Gasteiger partial charge in [-0.15, -0.1) is 0 Å². The summed E-state index contributed by atoms with van der Waals surface area (Å²) in [5.41, 5.74) is 0.399. The van der Waals surface area contributed by atoms with Crippen LogP contribution in [0.15, 0.2) is 23.1 Å². The maximum Gasteiger partial charge on any atom is 0.250 e. The van der Waals surface area contributed by atoms with Crippen molar-refractivity contribution < 1.29 is 13.2 Å². The van der Waals surface area contributed by atoms with Crippen LogP contribution < -0.4 is 16.2 Å². The molecule has 21 heavy (non-hydrogen) atoms. The highest BCUT2D eigenvalue weighted by atomic mass is 32.2. The lowest BCUT2D eigenvalue weighted by Gasteiger charge is -2.23. The van der Waals surface area contributed by atoms with Crippen LogP contribution in [-0.2, 0) is 21.2 Å². The molecule has 2 heterocycles. The third-order valence-corrected chi connectivity index (χ3v) is 5.08. The number of hydrogen-bond donors (Lipinski definition) is 2. The molecule has 1 aliphatic heterocycles. The number of anilines is 1. The zero-order valence-corrected chi connectivity index (χ0v) is 12.6. The maximum absolute atomic E-state index is 11.9. The summed E-state index contributed by atoms with van der Waals surface area (Å²) >= 11 is 0. The predicted octanol–water partition coefficient (Wildman–Crippen LogP) is -0.417. The van der Waals surface area contributed by atoms with Crippen LogP contribution in [0.25, 0.3) is 0 Å². The third-order valence-electron chi connectivity index (χ3n) is 3.34. The molecule has 0 saturated carbocycles. The molecule has 2 N–H and O–H groups in total. The van der Waals surface area contributed by atoms with Gasteiger partial charge < -0.3 is 15.2 Å². The van der Waals surface area contributed by atoms with E-state index in [1.807, 2.05) is 6.92 Å². The monoisotopic (exact) mass is 313 g/mol. The lowest BCUT2D eigenvalue weighted by Crippen LogP contribution is -2.46. The van der Waals surface area contributed by atoms with Gasteiger partial charge >= 0.3 is 0 Å². The minimum atomic E-state index is -3.05. The summed E-state index contributed by atoms with van der Waals surface area (Å²) in [7, 11) is -3.05. The van der Waals surface area contributed by atoms with E-state index < -0.39 is 9.84 Å². The van der Waals surface area contributed by atoms with Crippen LogP contribution in [0.3, 0.4) is 0 Å². The lowest BCUT2D eigenvalue weighted by atomic mass is 10.2. The molecule has 0 aliphatic carbocycles. The van der Waals surface area contributed by atoms with Crippen molar-refractivity contribution in [3.63, 3.8) is 0 Å². The fourth-order valence-electron chi connectivity index (χ4n) is 2.29. The first-order chi connectivity index (χ1) is 9.89. The molecule has 116 valence electrons. The number of aryl methyl sites for hydroxylation is 1. The van der Waals surface area contributed by atoms with E-state index >= 15 is 0 Å². The molecule has 0 spiro atoms. The van der Waals surface area contributed by atoms with E-state index in [9.17, 15) is 18.0 Å². The Labute approximate surface area is 123 Å². The number of nitrogens with zero attached hydrogens (tertiary/aromatic N) is 1. The molecule has 1 saturated heterocycles. The first-order valence-electron chi connectivity index (χ1n) is 6.84. The van der Waals surface area contributed by atoms with Gasteiger partial charge in [-0.3, -0.25) is 9.59 Å². The maximum atomic E-state index is 11.9. The van der Waals surface area contributed by atoms with Gasteiger partial charge in [0.05, 0.1) is 17.2 Å². The van der Waals surface area contributed by atoms with Gasteiger partial charge in [-0.05, 0) is 13.0 Å². The summed E-state index contributed by atoms with van der Waals surface area (Å²) in [5.74, 6) is -0.174. The molecule has 0 aromatic carbocycles. The summed E-state index contributed by atoms with van der Waals surface area (Å²) in [6, 6.07) is 2.57. The average molecular weight is 313 g/mol. The molecule has 1 fully saturated rings. The normalized spacial score (nSPS) is 20.9. The number of rotatable bonds is 4. The van der Waals surface area contributed by atoms with Crippen LogP contribution >= 0.6 is 0 Å². The van der Waals surface area contributed by atoms with E-state index in [1.165, 1.54) is 16.7 Å². The van der Waals surface area contributed by atoms with Crippen molar-refractivity contribution in [2.45, 2.75) is 25.9 Å². The Kier molecular flexibility index (Phi) is 4.79. The Bertz CT molecular complexity index is 681. The molecule has 2 rings (SSSR count). The first-order valence-corrected chi connectivity index (χ1v) is 8.66. The minimum Gasteiger partial charge on any atom is -0.325 e. The summed E-state index contributed by atoms with van der Waals surface area (Å²) in [4.78, 5) is 23.4. The van der Waals surface area contributed by atoms with Gasteiger partial charge in [0.25, 0.3) is 5.56 Å². The van der Waals surface area contributed by atoms with Crippen molar-refractivity contribution in [3.8, 4) is 0 Å². The van der Waals surface area contributed by atoms with Gasteiger partial charge in [-0.25, -0.2) is 8.42 Å². The third kappa shape index (κ3) is 4.40. The Hall–Kier alpha value is -1.67. The van der Waals surface area contributed by atoms with Gasteiger partial charge in [0, 0.05) is 37.8 Å². The van der Waals surface area contributed by atoms with E-state index in [1.54, 1.807) is 6.20 Å². The summed E-state index contributed by atoms with van der Waals surface area (Å²) in [5, 5.41) is 5.71. The quantitative estimate of drug-likeness (QED) is 0.787. The summed E-state index contributed by atoms with van der Waals surface area (Å²) in [6.07, 6.45) is 1.66. The van der Waals surface area contributed by atoms with Gasteiger partial charge in [0.1, 0.15) is 0 Å². The highest BCUT2D eigenvalue weighted by molar-refractivity contribution is 7.91. The number of nitrogens with one attached hydrogen (secondary N) is 2. The van der Waals surface area contributed by atoms with Gasteiger partial charge in [-0.1, -0.05) is 0 Å². The fraction of sp³-hybridized carbons (Fsp3) is 0.538. The molecule has 1 atom stereocenters. The van der Waals surface area contributed by atoms with E-state index in [4.69, 9.17) is 0 Å². The van der Waals surface area contributed by atoms with Crippen molar-refractivity contribution in [3.05, 3.63) is 28.7 Å². The average Bonchev–Trinajstić information content (AvgIpc) is 2.39. The van der Waals surface area contributed by atoms with E-state index in [0.717, 1.165) is 0 Å². The topological polar surface area (TPSA) is 97.3 Å². The first kappa shape index (κ1) is 15.7. The molecule has 7 nitrogen and oxygen atoms in total. The van der Waals surface area contributed by atoms with Crippen molar-refractivity contribution >= 4 is 21.4 Å². The smallest absolute Gasteiger partial charge is 0.250 e. The van der Waals surface area contributed by atoms with Gasteiger partial charge in [0.15, 0.2) is 9.84 Å². The van der Waals surface area contributed by atoms with Crippen LogP contribution in [0.1, 0.15) is 13.3 Å². The van der Waals surface area contributed by atoms with Crippen molar-refractivity contribution in [2.75, 3.05) is 23.4 Å². The summed E-state index contributed by atoms with van der Waals surface area (Å²) in [6.45, 7) is 2.73. The molecule has 1 aromatic rings. The molecule has 1 aliphatic rings. The van der Waals surface area contributed by atoms with Crippen molar-refractivity contribution in [2.24, 2.45) is 0 Å². The van der Waals surface area contributed by atoms with E-state index in [0.29, 0.717) is 18.8 Å². The van der Waals surface area contributed by atoms with Gasteiger partial charge in [0.2, 0.25) is 5.91 Å². The van der Waals surface area contributed by atoms with E-state index in [-0.39, 0.29) is 35.4 Å².